The highest BCUT2D eigenvalue weighted by Gasteiger charge is 2.39. The number of benzene rings is 1. The number of morpholine rings is 1. The van der Waals surface area contributed by atoms with Gasteiger partial charge in [-0.15, -0.1) is 0 Å². The molecular weight excluding hydrogens is 418 g/mol. The first-order chi connectivity index (χ1) is 16.1. The highest BCUT2D eigenvalue weighted by Crippen LogP contribution is 2.34. The first-order valence-electron chi connectivity index (χ1n) is 12.6. The number of nitrogens with zero attached hydrogens (tertiary/aromatic N) is 2. The van der Waals surface area contributed by atoms with Gasteiger partial charge in [0.05, 0.1) is 26.9 Å². The van der Waals surface area contributed by atoms with Gasteiger partial charge in [0.25, 0.3) is 0 Å². The van der Waals surface area contributed by atoms with Crippen LogP contribution < -0.4 is 10.1 Å². The lowest BCUT2D eigenvalue weighted by Gasteiger charge is -2.48. The van der Waals surface area contributed by atoms with Crippen LogP contribution in [-0.2, 0) is 9.53 Å². The molecule has 4 rings (SSSR count). The fourth-order valence-electron chi connectivity index (χ4n) is 5.72. The fourth-order valence-corrected chi connectivity index (χ4v) is 5.72. The monoisotopic (exact) mass is 457 g/mol. The van der Waals surface area contributed by atoms with Crippen LogP contribution in [0.1, 0.15) is 55.3 Å². The van der Waals surface area contributed by atoms with E-state index in [1.807, 2.05) is 24.3 Å². The molecular formula is C26H39N3O4. The van der Waals surface area contributed by atoms with E-state index in [1.54, 1.807) is 7.11 Å². The van der Waals surface area contributed by atoms with E-state index in [1.165, 1.54) is 19.3 Å². The van der Waals surface area contributed by atoms with Crippen LogP contribution in [0, 0.1) is 5.92 Å². The second-order valence-corrected chi connectivity index (χ2v) is 9.80. The Balaban J connectivity index is 1.23. The Labute approximate surface area is 197 Å². The molecule has 182 valence electrons. The summed E-state index contributed by atoms with van der Waals surface area (Å²) in [5.41, 5.74) is 0.836. The minimum Gasteiger partial charge on any atom is -0.497 e. The molecule has 1 N–H and O–H groups in total. The van der Waals surface area contributed by atoms with E-state index >= 15 is 0 Å². The topological polar surface area (TPSA) is 71.1 Å². The summed E-state index contributed by atoms with van der Waals surface area (Å²) in [4.78, 5) is 30.4. The van der Waals surface area contributed by atoms with Crippen LogP contribution in [0.3, 0.4) is 0 Å². The molecule has 2 saturated heterocycles. The summed E-state index contributed by atoms with van der Waals surface area (Å²) in [6.45, 7) is 6.24. The number of carbonyl (C=O) groups is 2. The summed E-state index contributed by atoms with van der Waals surface area (Å²) in [7, 11) is 1.63. The van der Waals surface area contributed by atoms with Gasteiger partial charge < -0.3 is 14.8 Å². The molecule has 7 nitrogen and oxygen atoms in total. The number of carbonyl (C=O) groups excluding carboxylic acids is 2. The van der Waals surface area contributed by atoms with Crippen LogP contribution in [0.2, 0.25) is 0 Å². The van der Waals surface area contributed by atoms with E-state index in [0.29, 0.717) is 6.54 Å². The number of hydrogen-bond acceptors (Lipinski definition) is 6. The zero-order valence-electron chi connectivity index (χ0n) is 20.0. The molecule has 0 unspecified atom stereocenters. The van der Waals surface area contributed by atoms with Gasteiger partial charge in [0.15, 0.2) is 5.78 Å². The van der Waals surface area contributed by atoms with Gasteiger partial charge in [0.1, 0.15) is 5.75 Å². The van der Waals surface area contributed by atoms with Gasteiger partial charge >= 0.3 is 0 Å². The van der Waals surface area contributed by atoms with Gasteiger partial charge in [0, 0.05) is 36.7 Å². The van der Waals surface area contributed by atoms with Gasteiger partial charge in [-0.05, 0) is 63.0 Å². The van der Waals surface area contributed by atoms with Gasteiger partial charge in [-0.1, -0.05) is 19.3 Å². The summed E-state index contributed by atoms with van der Waals surface area (Å²) in [6, 6.07) is 7.36. The molecule has 0 radical (unpaired) electrons. The maximum atomic E-state index is 12.8. The third kappa shape index (κ3) is 6.14. The molecule has 3 fully saturated rings. The Bertz CT molecular complexity index is 777. The van der Waals surface area contributed by atoms with Crippen molar-refractivity contribution in [3.05, 3.63) is 29.8 Å². The number of rotatable bonds is 8. The quantitative estimate of drug-likeness (QED) is 0.606. The van der Waals surface area contributed by atoms with Crippen molar-refractivity contribution in [2.24, 2.45) is 5.92 Å². The molecule has 0 aromatic heterocycles. The van der Waals surface area contributed by atoms with Crippen molar-refractivity contribution in [1.82, 2.24) is 15.1 Å². The van der Waals surface area contributed by atoms with Gasteiger partial charge in [-0.25, -0.2) is 0 Å². The smallest absolute Gasteiger partial charge is 0.234 e. The van der Waals surface area contributed by atoms with Crippen molar-refractivity contribution < 1.29 is 19.1 Å². The number of ether oxygens (including phenoxy) is 2. The fraction of sp³-hybridized carbons (Fsp3) is 0.692. The summed E-state index contributed by atoms with van der Waals surface area (Å²) in [5, 5.41) is 3.27. The number of Topliss-reactive ketones (excluding diaryl/α,β-unsaturated/α-hetero) is 1. The van der Waals surface area contributed by atoms with E-state index in [-0.39, 0.29) is 23.1 Å². The lowest BCUT2D eigenvalue weighted by atomic mass is 9.79. The van der Waals surface area contributed by atoms with Crippen LogP contribution in [0.25, 0.3) is 0 Å². The molecule has 33 heavy (non-hydrogen) atoms. The van der Waals surface area contributed by atoms with E-state index < -0.39 is 0 Å². The number of nitrogens with one attached hydrogen (secondary N) is 1. The Morgan fingerprint density at radius 1 is 1.03 bits per heavy atom. The number of hydrogen-bond donors (Lipinski definition) is 1. The van der Waals surface area contributed by atoms with Crippen molar-refractivity contribution >= 4 is 11.7 Å². The zero-order chi connectivity index (χ0) is 23.1. The van der Waals surface area contributed by atoms with Crippen molar-refractivity contribution in [3.8, 4) is 5.75 Å². The molecule has 0 atom stereocenters. The normalized spacial score (nSPS) is 22.6. The molecule has 2 heterocycles. The van der Waals surface area contributed by atoms with Crippen molar-refractivity contribution in [3.63, 3.8) is 0 Å². The van der Waals surface area contributed by atoms with E-state index in [4.69, 9.17) is 9.47 Å². The van der Waals surface area contributed by atoms with Gasteiger partial charge in [0.2, 0.25) is 5.91 Å². The predicted molar refractivity (Wildman–Crippen MR) is 128 cm³/mol. The first-order valence-corrected chi connectivity index (χ1v) is 12.6. The second-order valence-electron chi connectivity index (χ2n) is 9.80. The highest BCUT2D eigenvalue weighted by atomic mass is 16.5. The molecule has 0 bridgehead atoms. The van der Waals surface area contributed by atoms with E-state index in [9.17, 15) is 9.59 Å². The van der Waals surface area contributed by atoms with Crippen LogP contribution in [0.15, 0.2) is 24.3 Å². The molecule has 0 spiro atoms. The van der Waals surface area contributed by atoms with Crippen molar-refractivity contribution in [2.75, 3.05) is 59.6 Å². The van der Waals surface area contributed by atoms with Crippen molar-refractivity contribution in [1.29, 1.82) is 0 Å². The summed E-state index contributed by atoms with van der Waals surface area (Å²) >= 11 is 0. The maximum Gasteiger partial charge on any atom is 0.234 e. The lowest BCUT2D eigenvalue weighted by Crippen LogP contribution is -2.60. The number of piperidine rings is 1. The van der Waals surface area contributed by atoms with E-state index in [2.05, 4.69) is 15.1 Å². The third-order valence-electron chi connectivity index (χ3n) is 7.78. The Morgan fingerprint density at radius 3 is 2.33 bits per heavy atom. The standard InChI is InChI=1S/C26H39N3O4/c1-32-23-7-5-21(6-8-23)25(31)22-9-13-28(14-10-22)19-24(30)27-20-26(11-3-2-4-12-26)29-15-17-33-18-16-29/h5-8,22H,2-4,9-20H2,1H3,(H,27,30). The molecule has 1 saturated carbocycles. The Kier molecular flexibility index (Phi) is 8.39. The zero-order valence-corrected chi connectivity index (χ0v) is 20.0. The van der Waals surface area contributed by atoms with Crippen molar-refractivity contribution in [2.45, 2.75) is 50.5 Å². The largest absolute Gasteiger partial charge is 0.497 e. The van der Waals surface area contributed by atoms with Crippen LogP contribution in [0.4, 0.5) is 0 Å². The Hall–Kier alpha value is -1.96. The molecule has 1 aliphatic carbocycles. The van der Waals surface area contributed by atoms with Gasteiger partial charge in [-0.2, -0.15) is 0 Å². The third-order valence-corrected chi connectivity index (χ3v) is 7.78. The molecule has 7 heteroatoms. The molecule has 3 aliphatic rings. The number of ketones is 1. The number of likely N-dealkylation sites (tertiary alicyclic amines) is 1. The molecule has 1 aromatic rings. The van der Waals surface area contributed by atoms with Crippen LogP contribution >= 0.6 is 0 Å². The predicted octanol–water partition coefficient (Wildman–Crippen LogP) is 2.74. The maximum absolute atomic E-state index is 12.8. The summed E-state index contributed by atoms with van der Waals surface area (Å²) in [5.74, 6) is 1.10. The summed E-state index contributed by atoms with van der Waals surface area (Å²) in [6.07, 6.45) is 7.69. The molecule has 2 aliphatic heterocycles. The van der Waals surface area contributed by atoms with Crippen LogP contribution in [0.5, 0.6) is 5.75 Å². The average Bonchev–Trinajstić information content (AvgIpc) is 2.89. The number of amides is 1. The first kappa shape index (κ1) is 24.2. The van der Waals surface area contributed by atoms with Crippen LogP contribution in [-0.4, -0.2) is 86.6 Å². The summed E-state index contributed by atoms with van der Waals surface area (Å²) < 4.78 is 10.7. The van der Waals surface area contributed by atoms with Gasteiger partial charge in [-0.3, -0.25) is 19.4 Å². The van der Waals surface area contributed by atoms with E-state index in [0.717, 1.165) is 82.9 Å². The lowest BCUT2D eigenvalue weighted by molar-refractivity contribution is -0.123. The molecule has 1 amide bonds. The SMILES string of the molecule is COc1ccc(C(=O)C2CCN(CC(=O)NCC3(N4CCOCC4)CCCCC3)CC2)cc1. The highest BCUT2D eigenvalue weighted by molar-refractivity contribution is 5.98. The average molecular weight is 458 g/mol. The minimum absolute atomic E-state index is 0.0320. The Morgan fingerprint density at radius 2 is 1.70 bits per heavy atom. The minimum atomic E-state index is 0.0320. The number of methoxy groups -OCH3 is 1. The second kappa shape index (κ2) is 11.4. The molecule has 1 aromatic carbocycles.